The number of hydrogen-bond donors (Lipinski definition) is 0. The first-order chi connectivity index (χ1) is 40.0. The predicted molar refractivity (Wildman–Crippen MR) is 352 cm³/mol. The Labute approximate surface area is 499 Å². The van der Waals surface area contributed by atoms with Crippen molar-refractivity contribution in [3.05, 3.63) is 158 Å². The van der Waals surface area contributed by atoms with Crippen molar-refractivity contribution in [2.75, 3.05) is 13.2 Å². The van der Waals surface area contributed by atoms with E-state index in [9.17, 15) is 14.4 Å². The van der Waals surface area contributed by atoms with Crippen LogP contribution in [0.3, 0.4) is 0 Å². The molecule has 456 valence electrons. The molecule has 0 bridgehead atoms. The molecule has 6 nitrogen and oxygen atoms in total. The first-order valence-electron chi connectivity index (χ1n) is 33.0. The lowest BCUT2D eigenvalue weighted by molar-refractivity contribution is -0.166. The normalized spacial score (nSPS) is 13.2. The van der Waals surface area contributed by atoms with Gasteiger partial charge >= 0.3 is 17.9 Å². The Morgan fingerprint density at radius 3 is 0.802 bits per heavy atom. The molecule has 0 heterocycles. The standard InChI is InChI=1S/C75H120O6/c1-4-7-10-13-16-19-22-25-28-30-32-33-34-35-36-37-38-39-40-41-43-44-47-50-53-56-59-62-65-68-74(77)80-71-72(70-79-73(76)67-64-61-58-55-52-49-46-27-24-21-18-15-12-9-6-3)81-75(78)69-66-63-60-57-54-51-48-45-42-31-29-26-23-20-17-14-11-8-5-2/h7-8,10-11,16-21,25-29,32-33,35-36,42,45-46,51,54,60,63,72H,4-6,9,12-15,22-24,30-31,34,37-41,43-44,47-50,52-53,55-59,61-62,64-71H2,1-3H3/b10-7-,11-8-,19-16-,20-17-,21-18-,28-25-,29-26-,33-32-,36-35-,45-42-,46-27-,54-51-,63-60-. The lowest BCUT2D eigenvalue weighted by atomic mass is 10.0. The molecule has 0 rings (SSSR count). The second kappa shape index (κ2) is 67.5. The van der Waals surface area contributed by atoms with E-state index in [1.165, 1.54) is 96.3 Å². The average molecular weight is 1120 g/mol. The van der Waals surface area contributed by atoms with Gasteiger partial charge < -0.3 is 14.2 Å². The van der Waals surface area contributed by atoms with Crippen molar-refractivity contribution in [3.63, 3.8) is 0 Å². The first-order valence-corrected chi connectivity index (χ1v) is 33.0. The van der Waals surface area contributed by atoms with E-state index >= 15 is 0 Å². The number of ether oxygens (including phenoxy) is 3. The number of carbonyl (C=O) groups is 3. The van der Waals surface area contributed by atoms with Gasteiger partial charge in [0.25, 0.3) is 0 Å². The maximum Gasteiger partial charge on any atom is 0.306 e. The second-order valence-electron chi connectivity index (χ2n) is 21.3. The Hall–Kier alpha value is -4.97. The Kier molecular flexibility index (Phi) is 63.4. The number of unbranched alkanes of at least 4 members (excludes halogenated alkanes) is 21. The van der Waals surface area contributed by atoms with Crippen molar-refractivity contribution in [2.24, 2.45) is 0 Å². The van der Waals surface area contributed by atoms with Crippen LogP contribution in [0.15, 0.2) is 158 Å². The van der Waals surface area contributed by atoms with Gasteiger partial charge in [-0.1, -0.05) is 281 Å². The maximum atomic E-state index is 12.9. The number of esters is 3. The van der Waals surface area contributed by atoms with Crippen LogP contribution in [0, 0.1) is 0 Å². The summed E-state index contributed by atoms with van der Waals surface area (Å²) in [5.74, 6) is -1.02. The van der Waals surface area contributed by atoms with Crippen molar-refractivity contribution in [2.45, 2.75) is 284 Å². The molecule has 0 radical (unpaired) electrons. The zero-order valence-corrected chi connectivity index (χ0v) is 52.2. The van der Waals surface area contributed by atoms with Crippen LogP contribution < -0.4 is 0 Å². The van der Waals surface area contributed by atoms with Crippen LogP contribution in [0.5, 0.6) is 0 Å². The molecule has 0 fully saturated rings. The highest BCUT2D eigenvalue weighted by Gasteiger charge is 2.19. The Bertz CT molecular complexity index is 1810. The molecule has 0 saturated heterocycles. The lowest BCUT2D eigenvalue weighted by Gasteiger charge is -2.18. The smallest absolute Gasteiger partial charge is 0.306 e. The molecule has 0 aliphatic carbocycles. The maximum absolute atomic E-state index is 12.9. The summed E-state index contributed by atoms with van der Waals surface area (Å²) in [5, 5.41) is 0. The quantitative estimate of drug-likeness (QED) is 0.0261. The van der Waals surface area contributed by atoms with Gasteiger partial charge in [0.05, 0.1) is 0 Å². The molecule has 0 spiro atoms. The van der Waals surface area contributed by atoms with Gasteiger partial charge in [-0.05, 0) is 135 Å². The minimum atomic E-state index is -0.833. The van der Waals surface area contributed by atoms with E-state index in [1.54, 1.807) is 0 Å². The zero-order valence-electron chi connectivity index (χ0n) is 52.2. The summed E-state index contributed by atoms with van der Waals surface area (Å²) < 4.78 is 16.8. The summed E-state index contributed by atoms with van der Waals surface area (Å²) in [5.41, 5.74) is 0. The second-order valence-corrected chi connectivity index (χ2v) is 21.3. The van der Waals surface area contributed by atoms with Gasteiger partial charge in [-0.2, -0.15) is 0 Å². The van der Waals surface area contributed by atoms with Gasteiger partial charge in [-0.15, -0.1) is 0 Å². The number of carbonyl (C=O) groups excluding carboxylic acids is 3. The summed E-state index contributed by atoms with van der Waals surface area (Å²) in [7, 11) is 0. The summed E-state index contributed by atoms with van der Waals surface area (Å²) >= 11 is 0. The molecule has 0 aliphatic heterocycles. The van der Waals surface area contributed by atoms with Crippen LogP contribution in [0.1, 0.15) is 278 Å². The van der Waals surface area contributed by atoms with Gasteiger partial charge in [0.2, 0.25) is 0 Å². The average Bonchev–Trinajstić information content (AvgIpc) is 3.47. The van der Waals surface area contributed by atoms with E-state index in [0.29, 0.717) is 19.3 Å². The van der Waals surface area contributed by atoms with Gasteiger partial charge in [0, 0.05) is 19.3 Å². The third-order valence-corrected chi connectivity index (χ3v) is 13.5. The fourth-order valence-corrected chi connectivity index (χ4v) is 8.64. The largest absolute Gasteiger partial charge is 0.462 e. The van der Waals surface area contributed by atoms with E-state index in [2.05, 4.69) is 173 Å². The minimum absolute atomic E-state index is 0.118. The molecule has 0 aromatic rings. The number of allylic oxidation sites excluding steroid dienone is 26. The van der Waals surface area contributed by atoms with Gasteiger partial charge in [0.1, 0.15) is 13.2 Å². The lowest BCUT2D eigenvalue weighted by Crippen LogP contribution is -2.30. The minimum Gasteiger partial charge on any atom is -0.462 e. The van der Waals surface area contributed by atoms with Crippen molar-refractivity contribution in [1.29, 1.82) is 0 Å². The number of hydrogen-bond acceptors (Lipinski definition) is 6. The van der Waals surface area contributed by atoms with Crippen molar-refractivity contribution in [3.8, 4) is 0 Å². The van der Waals surface area contributed by atoms with Gasteiger partial charge in [-0.3, -0.25) is 14.4 Å². The van der Waals surface area contributed by atoms with Crippen LogP contribution >= 0.6 is 0 Å². The summed E-state index contributed by atoms with van der Waals surface area (Å²) in [4.78, 5) is 38.3. The molecular weight excluding hydrogens is 997 g/mol. The first kappa shape index (κ1) is 76.0. The zero-order chi connectivity index (χ0) is 58.5. The molecule has 6 heteroatoms. The molecule has 0 aromatic heterocycles. The van der Waals surface area contributed by atoms with Crippen molar-refractivity contribution >= 4 is 17.9 Å². The predicted octanol–water partition coefficient (Wildman–Crippen LogP) is 22.9. The van der Waals surface area contributed by atoms with Crippen molar-refractivity contribution in [1.82, 2.24) is 0 Å². The third kappa shape index (κ3) is 65.7. The monoisotopic (exact) mass is 1120 g/mol. The SMILES string of the molecule is CC/C=C\C/C=C\C/C=C\C/C=C\C/C=C\C/C=C\CCC(=O)OC(COC(=O)CCCCCCC/C=C\C/C=C\CCCCC)COC(=O)CCCCCCCCCCCCCCC/C=C\C/C=C\C/C=C\C/C=C\C/C=C\CC. The van der Waals surface area contributed by atoms with Crippen LogP contribution in [-0.2, 0) is 28.6 Å². The molecule has 0 aromatic carbocycles. The summed E-state index contributed by atoms with van der Waals surface area (Å²) in [6.07, 6.45) is 98.4. The van der Waals surface area contributed by atoms with E-state index in [0.717, 1.165) is 135 Å². The van der Waals surface area contributed by atoms with Gasteiger partial charge in [0.15, 0.2) is 6.10 Å². The third-order valence-electron chi connectivity index (χ3n) is 13.5. The van der Waals surface area contributed by atoms with Crippen LogP contribution in [0.25, 0.3) is 0 Å². The Morgan fingerprint density at radius 2 is 0.506 bits per heavy atom. The molecule has 1 unspecified atom stereocenters. The topological polar surface area (TPSA) is 78.9 Å². The van der Waals surface area contributed by atoms with E-state index in [-0.39, 0.29) is 31.6 Å². The molecule has 0 amide bonds. The van der Waals surface area contributed by atoms with E-state index < -0.39 is 12.1 Å². The highest BCUT2D eigenvalue weighted by atomic mass is 16.6. The highest BCUT2D eigenvalue weighted by Crippen LogP contribution is 2.15. The highest BCUT2D eigenvalue weighted by molar-refractivity contribution is 5.71. The molecule has 81 heavy (non-hydrogen) atoms. The van der Waals surface area contributed by atoms with E-state index in [1.807, 2.05) is 6.08 Å². The van der Waals surface area contributed by atoms with Crippen LogP contribution in [0.4, 0.5) is 0 Å². The Morgan fingerprint density at radius 1 is 0.259 bits per heavy atom. The molecule has 0 N–H and O–H groups in total. The summed E-state index contributed by atoms with van der Waals surface area (Å²) in [6.45, 7) is 6.32. The van der Waals surface area contributed by atoms with Crippen LogP contribution in [0.2, 0.25) is 0 Å². The summed E-state index contributed by atoms with van der Waals surface area (Å²) in [6, 6.07) is 0. The molecule has 0 aliphatic rings. The van der Waals surface area contributed by atoms with Crippen LogP contribution in [-0.4, -0.2) is 37.2 Å². The fraction of sp³-hybridized carbons (Fsp3) is 0.613. The van der Waals surface area contributed by atoms with E-state index in [4.69, 9.17) is 14.2 Å². The van der Waals surface area contributed by atoms with Crippen molar-refractivity contribution < 1.29 is 28.6 Å². The number of rotatable bonds is 58. The Balaban J connectivity index is 4.41. The molecular formula is C75H120O6. The molecule has 1 atom stereocenters. The molecule has 0 saturated carbocycles. The van der Waals surface area contributed by atoms with Gasteiger partial charge in [-0.25, -0.2) is 0 Å². The fourth-order valence-electron chi connectivity index (χ4n) is 8.64.